The summed E-state index contributed by atoms with van der Waals surface area (Å²) in [6.45, 7) is 0. The van der Waals surface area contributed by atoms with Crippen LogP contribution in [0.1, 0.15) is 11.1 Å². The van der Waals surface area contributed by atoms with Crippen LogP contribution in [0.15, 0.2) is 121 Å². The Balaban J connectivity index is 1.68. The zero-order valence-electron chi connectivity index (χ0n) is 19.3. The van der Waals surface area contributed by atoms with Crippen molar-refractivity contribution in [2.45, 2.75) is 0 Å². The molecule has 0 aliphatic rings. The molecule has 36 heavy (non-hydrogen) atoms. The zero-order chi connectivity index (χ0) is 24.5. The molecule has 4 heteroatoms. The highest BCUT2D eigenvalue weighted by molar-refractivity contribution is 5.93. The van der Waals surface area contributed by atoms with Crippen molar-refractivity contribution < 1.29 is 0 Å². The lowest BCUT2D eigenvalue weighted by atomic mass is 10.1. The smallest absolute Gasteiger partial charge is 0.0991 e. The lowest BCUT2D eigenvalue weighted by molar-refractivity contribution is 1.13. The van der Waals surface area contributed by atoms with Crippen molar-refractivity contribution in [3.8, 4) is 46.0 Å². The number of nitriles is 2. The van der Waals surface area contributed by atoms with Gasteiger partial charge in [-0.15, -0.1) is 0 Å². The summed E-state index contributed by atoms with van der Waals surface area (Å²) in [5.74, 6) is 0. The number of aromatic nitrogens is 2. The maximum atomic E-state index is 9.27. The fourth-order valence-corrected chi connectivity index (χ4v) is 4.72. The average molecular weight is 461 g/mol. The molecule has 0 radical (unpaired) electrons. The number of rotatable bonds is 4. The summed E-state index contributed by atoms with van der Waals surface area (Å²) in [4.78, 5) is 0. The molecule has 0 saturated carbocycles. The van der Waals surface area contributed by atoms with Crippen LogP contribution in [0.3, 0.4) is 0 Å². The van der Waals surface area contributed by atoms with E-state index in [-0.39, 0.29) is 0 Å². The topological polar surface area (TPSA) is 57.4 Å². The summed E-state index contributed by atoms with van der Waals surface area (Å²) in [5, 5.41) is 18.5. The predicted molar refractivity (Wildman–Crippen MR) is 143 cm³/mol. The summed E-state index contributed by atoms with van der Waals surface area (Å²) < 4.78 is 4.53. The van der Waals surface area contributed by atoms with Crippen LogP contribution in [0.2, 0.25) is 0 Å². The number of para-hydroxylation sites is 2. The monoisotopic (exact) mass is 460 g/mol. The van der Waals surface area contributed by atoms with E-state index in [1.807, 2.05) is 84.9 Å². The van der Waals surface area contributed by atoms with Crippen molar-refractivity contribution in [2.24, 2.45) is 0 Å². The molecular weight excluding hydrogens is 440 g/mol. The summed E-state index contributed by atoms with van der Waals surface area (Å²) in [5.41, 5.74) is 9.70. The lowest BCUT2D eigenvalue weighted by Gasteiger charge is -2.12. The van der Waals surface area contributed by atoms with E-state index >= 15 is 0 Å². The standard InChI is InChI=1S/C32H20N4/c33-21-23-11-15-25(16-12-23)29-19-32-31(35(29)27-7-3-1-4-8-27)20-30(26-17-13-24(22-34)14-18-26)36(32)28-9-5-2-6-10-28/h1-20H. The molecule has 0 aliphatic heterocycles. The van der Waals surface area contributed by atoms with Gasteiger partial charge in [-0.1, -0.05) is 60.7 Å². The predicted octanol–water partition coefficient (Wildman–Crippen LogP) is 7.50. The maximum Gasteiger partial charge on any atom is 0.0991 e. The quantitative estimate of drug-likeness (QED) is 0.273. The largest absolute Gasteiger partial charge is 0.308 e. The molecule has 0 aliphatic carbocycles. The van der Waals surface area contributed by atoms with Gasteiger partial charge in [0.2, 0.25) is 0 Å². The highest BCUT2D eigenvalue weighted by Crippen LogP contribution is 2.38. The normalized spacial score (nSPS) is 10.7. The van der Waals surface area contributed by atoms with Gasteiger partial charge in [-0.3, -0.25) is 0 Å². The first-order valence-corrected chi connectivity index (χ1v) is 11.7. The molecule has 6 rings (SSSR count). The number of benzene rings is 4. The Hall–Kier alpha value is -5.32. The van der Waals surface area contributed by atoms with Crippen LogP contribution in [0, 0.1) is 22.7 Å². The van der Waals surface area contributed by atoms with Crippen LogP contribution >= 0.6 is 0 Å². The molecule has 0 saturated heterocycles. The second-order valence-corrected chi connectivity index (χ2v) is 8.55. The minimum Gasteiger partial charge on any atom is -0.308 e. The summed E-state index contributed by atoms with van der Waals surface area (Å²) in [6.07, 6.45) is 0. The number of hydrogen-bond donors (Lipinski definition) is 0. The van der Waals surface area contributed by atoms with Gasteiger partial charge in [0.15, 0.2) is 0 Å². The molecule has 2 aromatic heterocycles. The highest BCUT2D eigenvalue weighted by Gasteiger charge is 2.20. The molecule has 0 unspecified atom stereocenters. The van der Waals surface area contributed by atoms with E-state index in [0.29, 0.717) is 11.1 Å². The molecule has 0 amide bonds. The first kappa shape index (κ1) is 21.2. The molecule has 0 N–H and O–H groups in total. The first-order chi connectivity index (χ1) is 17.8. The molecule has 168 valence electrons. The fraction of sp³-hybridized carbons (Fsp3) is 0. The Morgan fingerprint density at radius 1 is 0.444 bits per heavy atom. The minimum atomic E-state index is 0.637. The van der Waals surface area contributed by atoms with E-state index in [0.717, 1.165) is 44.9 Å². The third kappa shape index (κ3) is 3.55. The molecule has 6 aromatic rings. The van der Waals surface area contributed by atoms with Crippen molar-refractivity contribution >= 4 is 11.0 Å². The number of hydrogen-bond acceptors (Lipinski definition) is 2. The lowest BCUT2D eigenvalue weighted by Crippen LogP contribution is -1.96. The Morgan fingerprint density at radius 2 is 0.806 bits per heavy atom. The number of fused-ring (bicyclic) bond motifs is 1. The van der Waals surface area contributed by atoms with E-state index in [4.69, 9.17) is 0 Å². The molecule has 0 fully saturated rings. The van der Waals surface area contributed by atoms with Crippen LogP contribution in [0.5, 0.6) is 0 Å². The average Bonchev–Trinajstić information content (AvgIpc) is 3.50. The zero-order valence-corrected chi connectivity index (χ0v) is 19.3. The van der Waals surface area contributed by atoms with Crippen LogP contribution < -0.4 is 0 Å². The summed E-state index contributed by atoms with van der Waals surface area (Å²) in [7, 11) is 0. The summed E-state index contributed by atoms with van der Waals surface area (Å²) >= 11 is 0. The molecule has 4 aromatic carbocycles. The van der Waals surface area contributed by atoms with E-state index in [2.05, 4.69) is 57.7 Å². The molecule has 0 atom stereocenters. The van der Waals surface area contributed by atoms with E-state index in [1.54, 1.807) is 0 Å². The third-order valence-electron chi connectivity index (χ3n) is 6.42. The van der Waals surface area contributed by atoms with Gasteiger partial charge in [-0.05, 0) is 71.8 Å². The minimum absolute atomic E-state index is 0.637. The summed E-state index contributed by atoms with van der Waals surface area (Å²) in [6, 6.07) is 44.9. The highest BCUT2D eigenvalue weighted by atomic mass is 15.1. The second kappa shape index (κ2) is 8.80. The third-order valence-corrected chi connectivity index (χ3v) is 6.42. The molecule has 4 nitrogen and oxygen atoms in total. The van der Waals surface area contributed by atoms with Gasteiger partial charge in [0.05, 0.1) is 45.7 Å². The number of nitrogens with zero attached hydrogens (tertiary/aromatic N) is 4. The van der Waals surface area contributed by atoms with Crippen molar-refractivity contribution in [3.63, 3.8) is 0 Å². The van der Waals surface area contributed by atoms with E-state index in [1.165, 1.54) is 0 Å². The molecule has 0 bridgehead atoms. The van der Waals surface area contributed by atoms with Crippen molar-refractivity contribution in [2.75, 3.05) is 0 Å². The maximum absolute atomic E-state index is 9.27. The van der Waals surface area contributed by atoms with Crippen molar-refractivity contribution in [3.05, 3.63) is 132 Å². The first-order valence-electron chi connectivity index (χ1n) is 11.7. The van der Waals surface area contributed by atoms with Gasteiger partial charge in [0, 0.05) is 11.4 Å². The van der Waals surface area contributed by atoms with E-state index < -0.39 is 0 Å². The fourth-order valence-electron chi connectivity index (χ4n) is 4.72. The Labute approximate surface area is 209 Å². The van der Waals surface area contributed by atoms with Gasteiger partial charge in [-0.2, -0.15) is 10.5 Å². The van der Waals surface area contributed by atoms with Crippen molar-refractivity contribution in [1.29, 1.82) is 10.5 Å². The van der Waals surface area contributed by atoms with Gasteiger partial charge in [0.1, 0.15) is 0 Å². The van der Waals surface area contributed by atoms with Gasteiger partial charge < -0.3 is 9.13 Å². The van der Waals surface area contributed by atoms with Crippen LogP contribution in [-0.2, 0) is 0 Å². The van der Waals surface area contributed by atoms with Crippen LogP contribution in [-0.4, -0.2) is 9.13 Å². The van der Waals surface area contributed by atoms with Crippen LogP contribution in [0.4, 0.5) is 0 Å². The second-order valence-electron chi connectivity index (χ2n) is 8.55. The SMILES string of the molecule is N#Cc1ccc(-c2cc3c(cc(-c4ccc(C#N)cc4)n3-c3ccccc3)n2-c2ccccc2)cc1. The Kier molecular flexibility index (Phi) is 5.19. The van der Waals surface area contributed by atoms with Crippen molar-refractivity contribution in [1.82, 2.24) is 9.13 Å². The molecule has 2 heterocycles. The molecule has 0 spiro atoms. The Morgan fingerprint density at radius 3 is 1.14 bits per heavy atom. The van der Waals surface area contributed by atoms with Gasteiger partial charge in [-0.25, -0.2) is 0 Å². The van der Waals surface area contributed by atoms with E-state index in [9.17, 15) is 10.5 Å². The van der Waals surface area contributed by atoms with Crippen LogP contribution in [0.25, 0.3) is 44.9 Å². The molecular formula is C32H20N4. The van der Waals surface area contributed by atoms with Gasteiger partial charge in [0.25, 0.3) is 0 Å². The Bertz CT molecular complexity index is 1620. The van der Waals surface area contributed by atoms with Gasteiger partial charge >= 0.3 is 0 Å².